The van der Waals surface area contributed by atoms with E-state index in [4.69, 9.17) is 0 Å². The molecule has 0 radical (unpaired) electrons. The molecular formula is C21H42N2. The zero-order valence-electron chi connectivity index (χ0n) is 16.0. The van der Waals surface area contributed by atoms with Crippen molar-refractivity contribution in [1.29, 1.82) is 0 Å². The quantitative estimate of drug-likeness (QED) is 0.380. The summed E-state index contributed by atoms with van der Waals surface area (Å²) in [5, 5.41) is 2.80. The zero-order valence-corrected chi connectivity index (χ0v) is 16.0. The van der Waals surface area contributed by atoms with Gasteiger partial charge in [0, 0.05) is 18.1 Å². The number of nitrogens with one attached hydrogen (secondary N) is 1. The molecule has 0 aromatic carbocycles. The Hall–Kier alpha value is -0.0800. The Bertz CT molecular complexity index is 262. The Balaban J connectivity index is 1.94. The molecule has 2 aliphatic carbocycles. The molecule has 0 aromatic heterocycles. The summed E-state index contributed by atoms with van der Waals surface area (Å²) in [5.74, 6) is 0. The maximum absolute atomic E-state index is 4.09. The normalized spacial score (nSPS) is 22.6. The van der Waals surface area contributed by atoms with Crippen molar-refractivity contribution in [3.63, 3.8) is 0 Å². The van der Waals surface area contributed by atoms with Gasteiger partial charge < -0.3 is 0 Å². The highest BCUT2D eigenvalue weighted by Crippen LogP contribution is 2.29. The van der Waals surface area contributed by atoms with Crippen LogP contribution in [0.15, 0.2) is 0 Å². The second-order valence-electron chi connectivity index (χ2n) is 8.10. The summed E-state index contributed by atoms with van der Waals surface area (Å²) in [6, 6.07) is 2.35. The molecule has 23 heavy (non-hydrogen) atoms. The Morgan fingerprint density at radius 2 is 1.30 bits per heavy atom. The van der Waals surface area contributed by atoms with Crippen LogP contribution < -0.4 is 5.43 Å². The van der Waals surface area contributed by atoms with E-state index in [0.717, 1.165) is 18.1 Å². The van der Waals surface area contributed by atoms with E-state index < -0.39 is 0 Å². The zero-order chi connectivity index (χ0) is 16.3. The van der Waals surface area contributed by atoms with E-state index in [0.29, 0.717) is 0 Å². The van der Waals surface area contributed by atoms with Crippen LogP contribution in [-0.4, -0.2) is 23.1 Å². The van der Waals surface area contributed by atoms with E-state index in [1.54, 1.807) is 0 Å². The van der Waals surface area contributed by atoms with E-state index in [1.807, 2.05) is 0 Å². The number of rotatable bonds is 10. The average molecular weight is 323 g/mol. The number of unbranched alkanes of at least 4 members (excludes halogenated alkanes) is 2. The smallest absolute Gasteiger partial charge is 0.0246 e. The standard InChI is InChI=1S/C21H42N2/c1-3-5-8-14-19(13-4-2)22-23(20-15-9-6-10-16-20)21-17-11-7-12-18-21/h19-22H,3-18H2,1-2H3. The van der Waals surface area contributed by atoms with E-state index in [-0.39, 0.29) is 0 Å². The molecule has 1 atom stereocenters. The topological polar surface area (TPSA) is 15.3 Å². The van der Waals surface area contributed by atoms with Crippen molar-refractivity contribution in [2.75, 3.05) is 0 Å². The van der Waals surface area contributed by atoms with Gasteiger partial charge in [-0.05, 0) is 38.5 Å². The van der Waals surface area contributed by atoms with Gasteiger partial charge in [-0.25, -0.2) is 5.01 Å². The van der Waals surface area contributed by atoms with Crippen molar-refractivity contribution < 1.29 is 0 Å². The van der Waals surface area contributed by atoms with Crippen LogP contribution in [0.3, 0.4) is 0 Å². The van der Waals surface area contributed by atoms with Crippen LogP contribution in [0.2, 0.25) is 0 Å². The van der Waals surface area contributed by atoms with Crippen LogP contribution in [-0.2, 0) is 0 Å². The lowest BCUT2D eigenvalue weighted by atomic mass is 9.90. The summed E-state index contributed by atoms with van der Waals surface area (Å²) in [4.78, 5) is 0. The van der Waals surface area contributed by atoms with Crippen LogP contribution in [0.5, 0.6) is 0 Å². The predicted molar refractivity (Wildman–Crippen MR) is 102 cm³/mol. The Labute approximate surface area is 145 Å². The molecule has 0 saturated heterocycles. The molecule has 2 rings (SSSR count). The first-order valence-corrected chi connectivity index (χ1v) is 10.9. The van der Waals surface area contributed by atoms with Crippen LogP contribution in [0.4, 0.5) is 0 Å². The van der Waals surface area contributed by atoms with Crippen molar-refractivity contribution in [2.24, 2.45) is 0 Å². The fourth-order valence-electron chi connectivity index (χ4n) is 4.70. The van der Waals surface area contributed by atoms with Gasteiger partial charge in [0.25, 0.3) is 0 Å². The summed E-state index contributed by atoms with van der Waals surface area (Å²) >= 11 is 0. The molecule has 0 aliphatic heterocycles. The molecule has 2 aliphatic rings. The number of hydrogen-bond acceptors (Lipinski definition) is 2. The summed E-state index contributed by atoms with van der Waals surface area (Å²) < 4.78 is 0. The highest BCUT2D eigenvalue weighted by Gasteiger charge is 2.30. The van der Waals surface area contributed by atoms with Crippen LogP contribution >= 0.6 is 0 Å². The molecule has 2 heteroatoms. The largest absolute Gasteiger partial charge is 0.252 e. The Morgan fingerprint density at radius 1 is 0.739 bits per heavy atom. The molecule has 0 bridgehead atoms. The lowest BCUT2D eigenvalue weighted by Gasteiger charge is -2.43. The first-order chi connectivity index (χ1) is 11.3. The SMILES string of the molecule is CCCCCC(CCC)NN(C1CCCCC1)C1CCCCC1. The molecule has 0 heterocycles. The van der Waals surface area contributed by atoms with E-state index in [1.165, 1.54) is 103 Å². The van der Waals surface area contributed by atoms with E-state index in [9.17, 15) is 0 Å². The molecule has 136 valence electrons. The molecule has 2 saturated carbocycles. The molecule has 1 unspecified atom stereocenters. The van der Waals surface area contributed by atoms with Crippen LogP contribution in [0, 0.1) is 0 Å². The lowest BCUT2D eigenvalue weighted by molar-refractivity contribution is 0.0109. The molecule has 0 amide bonds. The summed E-state index contributed by atoms with van der Waals surface area (Å²) in [7, 11) is 0. The minimum Gasteiger partial charge on any atom is -0.252 e. The Morgan fingerprint density at radius 3 is 1.78 bits per heavy atom. The van der Waals surface area contributed by atoms with Gasteiger partial charge in [0.1, 0.15) is 0 Å². The molecule has 2 nitrogen and oxygen atoms in total. The van der Waals surface area contributed by atoms with Gasteiger partial charge in [0.05, 0.1) is 0 Å². The molecular weight excluding hydrogens is 280 g/mol. The second-order valence-corrected chi connectivity index (χ2v) is 8.10. The van der Waals surface area contributed by atoms with E-state index in [2.05, 4.69) is 24.3 Å². The number of hydrazine groups is 1. The third-order valence-electron chi connectivity index (χ3n) is 6.06. The van der Waals surface area contributed by atoms with Crippen LogP contribution in [0.25, 0.3) is 0 Å². The molecule has 0 spiro atoms. The number of hydrogen-bond donors (Lipinski definition) is 1. The van der Waals surface area contributed by atoms with Crippen LogP contribution in [0.1, 0.15) is 117 Å². The summed E-state index contributed by atoms with van der Waals surface area (Å²) in [5.41, 5.74) is 4.09. The highest BCUT2D eigenvalue weighted by atomic mass is 15.5. The minimum absolute atomic E-state index is 0.718. The maximum atomic E-state index is 4.09. The van der Waals surface area contributed by atoms with Gasteiger partial charge in [-0.3, -0.25) is 5.43 Å². The van der Waals surface area contributed by atoms with Crippen molar-refractivity contribution in [3.8, 4) is 0 Å². The monoisotopic (exact) mass is 322 g/mol. The first-order valence-electron chi connectivity index (χ1n) is 10.9. The van der Waals surface area contributed by atoms with Gasteiger partial charge in [-0.2, -0.15) is 0 Å². The summed E-state index contributed by atoms with van der Waals surface area (Å²) in [6.07, 6.45) is 22.6. The molecule has 0 aromatic rings. The minimum atomic E-state index is 0.718. The predicted octanol–water partition coefficient (Wildman–Crippen LogP) is 6.21. The first kappa shape index (κ1) is 19.2. The van der Waals surface area contributed by atoms with Crippen molar-refractivity contribution in [2.45, 2.75) is 135 Å². The maximum Gasteiger partial charge on any atom is 0.0246 e. The summed E-state index contributed by atoms with van der Waals surface area (Å²) in [6.45, 7) is 4.67. The van der Waals surface area contributed by atoms with Gasteiger partial charge in [0.2, 0.25) is 0 Å². The third kappa shape index (κ3) is 6.74. The fraction of sp³-hybridized carbons (Fsp3) is 1.00. The highest BCUT2D eigenvalue weighted by molar-refractivity contribution is 4.83. The molecule has 2 fully saturated rings. The van der Waals surface area contributed by atoms with Gasteiger partial charge in [-0.15, -0.1) is 0 Å². The van der Waals surface area contributed by atoms with E-state index >= 15 is 0 Å². The average Bonchev–Trinajstić information content (AvgIpc) is 2.61. The lowest BCUT2D eigenvalue weighted by Crippen LogP contribution is -2.56. The molecule has 1 N–H and O–H groups in total. The Kier molecular flexibility index (Phi) is 9.60. The van der Waals surface area contributed by atoms with Crippen molar-refractivity contribution in [3.05, 3.63) is 0 Å². The van der Waals surface area contributed by atoms with Gasteiger partial charge >= 0.3 is 0 Å². The van der Waals surface area contributed by atoms with Gasteiger partial charge in [0.15, 0.2) is 0 Å². The van der Waals surface area contributed by atoms with Crippen molar-refractivity contribution in [1.82, 2.24) is 10.4 Å². The third-order valence-corrected chi connectivity index (χ3v) is 6.06. The van der Waals surface area contributed by atoms with Crippen molar-refractivity contribution >= 4 is 0 Å². The fourth-order valence-corrected chi connectivity index (χ4v) is 4.70. The number of nitrogens with zero attached hydrogens (tertiary/aromatic N) is 1. The van der Waals surface area contributed by atoms with Gasteiger partial charge in [-0.1, -0.05) is 78.1 Å². The second kappa shape index (κ2) is 11.5.